The maximum absolute atomic E-state index is 2.72. The molecule has 2 rings (SSSR count). The summed E-state index contributed by atoms with van der Waals surface area (Å²) in [6.07, 6.45) is 10.3. The van der Waals surface area contributed by atoms with Crippen LogP contribution in [0.1, 0.15) is 51.9 Å². The van der Waals surface area contributed by atoms with Crippen LogP contribution in [0.15, 0.2) is 0 Å². The summed E-state index contributed by atoms with van der Waals surface area (Å²) in [6.45, 7) is 6.49. The Bertz CT molecular complexity index is 167. The molecule has 1 aliphatic heterocycles. The average Bonchev–Trinajstić information content (AvgIpc) is 2.65. The molecule has 1 saturated heterocycles. The Hall–Kier alpha value is -0.0400. The van der Waals surface area contributed by atoms with Crippen molar-refractivity contribution < 1.29 is 0 Å². The van der Waals surface area contributed by atoms with Crippen LogP contribution in [0.2, 0.25) is 0 Å². The van der Waals surface area contributed by atoms with Gasteiger partial charge >= 0.3 is 0 Å². The molecule has 1 saturated carbocycles. The molecule has 2 atom stereocenters. The minimum absolute atomic E-state index is 1.07. The molecule has 1 aliphatic carbocycles. The van der Waals surface area contributed by atoms with Gasteiger partial charge in [0.2, 0.25) is 0 Å². The second kappa shape index (κ2) is 5.16. The maximum Gasteiger partial charge on any atom is 0.00123 e. The first-order chi connectivity index (χ1) is 6.90. The lowest BCUT2D eigenvalue weighted by atomic mass is 9.88. The summed E-state index contributed by atoms with van der Waals surface area (Å²) >= 11 is 0. The molecule has 2 fully saturated rings. The molecule has 0 bridgehead atoms. The van der Waals surface area contributed by atoms with Gasteiger partial charge in [0.05, 0.1) is 0 Å². The molecule has 0 aromatic carbocycles. The van der Waals surface area contributed by atoms with E-state index in [0.717, 1.165) is 11.8 Å². The highest BCUT2D eigenvalue weighted by Gasteiger charge is 2.32. The fraction of sp³-hybridized carbons (Fsp3) is 1.00. The molecule has 0 N–H and O–H groups in total. The number of piperidine rings is 1. The molecule has 14 heavy (non-hydrogen) atoms. The molecule has 2 unspecified atom stereocenters. The molecule has 0 radical (unpaired) electrons. The minimum Gasteiger partial charge on any atom is -0.303 e. The zero-order valence-electron chi connectivity index (χ0n) is 9.67. The van der Waals surface area contributed by atoms with Crippen molar-refractivity contribution in [3.05, 3.63) is 0 Å². The van der Waals surface area contributed by atoms with Crippen LogP contribution in [0.5, 0.6) is 0 Å². The van der Waals surface area contributed by atoms with Crippen molar-refractivity contribution >= 4 is 0 Å². The fourth-order valence-electron chi connectivity index (χ4n) is 3.29. The van der Waals surface area contributed by atoms with Crippen molar-refractivity contribution in [3.63, 3.8) is 0 Å². The first-order valence-corrected chi connectivity index (χ1v) is 6.62. The van der Waals surface area contributed by atoms with Gasteiger partial charge in [0.15, 0.2) is 0 Å². The van der Waals surface area contributed by atoms with Gasteiger partial charge in [0, 0.05) is 6.54 Å². The van der Waals surface area contributed by atoms with E-state index in [1.165, 1.54) is 64.6 Å². The van der Waals surface area contributed by atoms with Crippen molar-refractivity contribution in [2.75, 3.05) is 19.6 Å². The van der Waals surface area contributed by atoms with E-state index in [0.29, 0.717) is 0 Å². The molecule has 0 aromatic heterocycles. The van der Waals surface area contributed by atoms with Crippen LogP contribution in [0.3, 0.4) is 0 Å². The van der Waals surface area contributed by atoms with Crippen LogP contribution < -0.4 is 0 Å². The monoisotopic (exact) mass is 195 g/mol. The number of likely N-dealkylation sites (tertiary alicyclic amines) is 1. The van der Waals surface area contributed by atoms with E-state index in [4.69, 9.17) is 0 Å². The lowest BCUT2D eigenvalue weighted by molar-refractivity contribution is 0.136. The Morgan fingerprint density at radius 2 is 1.93 bits per heavy atom. The van der Waals surface area contributed by atoms with Gasteiger partial charge in [-0.25, -0.2) is 0 Å². The van der Waals surface area contributed by atoms with Crippen LogP contribution in [0, 0.1) is 11.8 Å². The highest BCUT2D eigenvalue weighted by atomic mass is 15.1. The van der Waals surface area contributed by atoms with Crippen molar-refractivity contribution in [1.82, 2.24) is 4.90 Å². The molecular weight excluding hydrogens is 170 g/mol. The fourth-order valence-corrected chi connectivity index (χ4v) is 3.29. The predicted molar refractivity (Wildman–Crippen MR) is 61.4 cm³/mol. The van der Waals surface area contributed by atoms with Gasteiger partial charge < -0.3 is 4.90 Å². The van der Waals surface area contributed by atoms with Gasteiger partial charge in [-0.15, -0.1) is 0 Å². The van der Waals surface area contributed by atoms with Crippen molar-refractivity contribution in [3.8, 4) is 0 Å². The standard InChI is InChI=1S/C13H25N/c1-2-3-4-9-14-10-8-12-6-5-7-13(12)11-14/h12-13H,2-11H2,1H3. The summed E-state index contributed by atoms with van der Waals surface area (Å²) in [5.74, 6) is 2.18. The number of unbranched alkanes of at least 4 members (excludes halogenated alkanes) is 2. The first kappa shape index (κ1) is 10.5. The highest BCUT2D eigenvalue weighted by molar-refractivity contribution is 4.84. The molecule has 1 heterocycles. The average molecular weight is 195 g/mol. The van der Waals surface area contributed by atoms with Gasteiger partial charge in [-0.1, -0.05) is 32.6 Å². The molecule has 1 nitrogen and oxygen atoms in total. The zero-order valence-corrected chi connectivity index (χ0v) is 9.67. The normalized spacial score (nSPS) is 33.2. The molecule has 2 aliphatic rings. The number of hydrogen-bond donors (Lipinski definition) is 0. The summed E-state index contributed by atoms with van der Waals surface area (Å²) in [4.78, 5) is 2.72. The summed E-state index contributed by atoms with van der Waals surface area (Å²) in [7, 11) is 0. The van der Waals surface area contributed by atoms with Crippen LogP contribution in [0.4, 0.5) is 0 Å². The highest BCUT2D eigenvalue weighted by Crippen LogP contribution is 2.37. The first-order valence-electron chi connectivity index (χ1n) is 6.62. The molecule has 1 heteroatoms. The second-order valence-corrected chi connectivity index (χ2v) is 5.25. The maximum atomic E-state index is 2.72. The number of hydrogen-bond acceptors (Lipinski definition) is 1. The molecule has 0 aromatic rings. The van der Waals surface area contributed by atoms with Crippen LogP contribution >= 0.6 is 0 Å². The van der Waals surface area contributed by atoms with Gasteiger partial charge in [-0.3, -0.25) is 0 Å². The van der Waals surface area contributed by atoms with Gasteiger partial charge in [-0.05, 0) is 44.2 Å². The summed E-state index contributed by atoms with van der Waals surface area (Å²) in [6, 6.07) is 0. The molecule has 0 amide bonds. The predicted octanol–water partition coefficient (Wildman–Crippen LogP) is 3.30. The molecule has 82 valence electrons. The van der Waals surface area contributed by atoms with E-state index in [-0.39, 0.29) is 0 Å². The SMILES string of the molecule is CCCCCN1CCC2CCCC2C1. The van der Waals surface area contributed by atoms with Crippen LogP contribution in [0.25, 0.3) is 0 Å². The lowest BCUT2D eigenvalue weighted by Gasteiger charge is -2.35. The van der Waals surface area contributed by atoms with Crippen molar-refractivity contribution in [1.29, 1.82) is 0 Å². The summed E-state index contributed by atoms with van der Waals surface area (Å²) in [5, 5.41) is 0. The Kier molecular flexibility index (Phi) is 3.86. The Labute approximate surface area is 88.9 Å². The van der Waals surface area contributed by atoms with E-state index >= 15 is 0 Å². The molecule has 0 spiro atoms. The van der Waals surface area contributed by atoms with Gasteiger partial charge in [0.25, 0.3) is 0 Å². The van der Waals surface area contributed by atoms with E-state index in [2.05, 4.69) is 11.8 Å². The second-order valence-electron chi connectivity index (χ2n) is 5.25. The van der Waals surface area contributed by atoms with Crippen molar-refractivity contribution in [2.24, 2.45) is 11.8 Å². The number of rotatable bonds is 4. The molecular formula is C13H25N. The quantitative estimate of drug-likeness (QED) is 0.622. The summed E-state index contributed by atoms with van der Waals surface area (Å²) < 4.78 is 0. The lowest BCUT2D eigenvalue weighted by Crippen LogP contribution is -2.38. The van der Waals surface area contributed by atoms with Crippen molar-refractivity contribution in [2.45, 2.75) is 51.9 Å². The number of fused-ring (bicyclic) bond motifs is 1. The minimum atomic E-state index is 1.07. The largest absolute Gasteiger partial charge is 0.303 e. The zero-order chi connectivity index (χ0) is 9.80. The van der Waals surface area contributed by atoms with Gasteiger partial charge in [0.1, 0.15) is 0 Å². The number of nitrogens with zero attached hydrogens (tertiary/aromatic N) is 1. The van der Waals surface area contributed by atoms with E-state index in [9.17, 15) is 0 Å². The Morgan fingerprint density at radius 3 is 2.79 bits per heavy atom. The summed E-state index contributed by atoms with van der Waals surface area (Å²) in [5.41, 5.74) is 0. The van der Waals surface area contributed by atoms with E-state index in [1.807, 2.05) is 0 Å². The topological polar surface area (TPSA) is 3.24 Å². The van der Waals surface area contributed by atoms with Crippen LogP contribution in [-0.2, 0) is 0 Å². The third-order valence-corrected chi connectivity index (χ3v) is 4.20. The smallest absolute Gasteiger partial charge is 0.00123 e. The third kappa shape index (κ3) is 2.50. The van der Waals surface area contributed by atoms with Crippen LogP contribution in [-0.4, -0.2) is 24.5 Å². The van der Waals surface area contributed by atoms with Gasteiger partial charge in [-0.2, -0.15) is 0 Å². The van der Waals surface area contributed by atoms with E-state index in [1.54, 1.807) is 0 Å². The Morgan fingerprint density at radius 1 is 1.07 bits per heavy atom. The Balaban J connectivity index is 1.69. The van der Waals surface area contributed by atoms with E-state index < -0.39 is 0 Å². The third-order valence-electron chi connectivity index (χ3n) is 4.20.